The van der Waals surface area contributed by atoms with Gasteiger partial charge in [0.1, 0.15) is 17.6 Å². The van der Waals surface area contributed by atoms with Crippen LogP contribution in [0.4, 0.5) is 4.39 Å². The molecule has 1 saturated heterocycles. The number of likely N-dealkylation sites (tertiary alicyclic amines) is 1. The van der Waals surface area contributed by atoms with E-state index in [2.05, 4.69) is 0 Å². The molecule has 3 atom stereocenters. The molecule has 120 valence electrons. The summed E-state index contributed by atoms with van der Waals surface area (Å²) in [7, 11) is 4.28. The highest BCUT2D eigenvalue weighted by molar-refractivity contribution is 5.79. The van der Waals surface area contributed by atoms with Gasteiger partial charge in [0.05, 0.1) is 26.2 Å². The first kappa shape index (κ1) is 16.2. The van der Waals surface area contributed by atoms with Crippen molar-refractivity contribution in [2.45, 2.75) is 18.5 Å². The summed E-state index contributed by atoms with van der Waals surface area (Å²) in [5.41, 5.74) is 0.195. The van der Waals surface area contributed by atoms with Gasteiger partial charge in [0.25, 0.3) is 0 Å². The van der Waals surface area contributed by atoms with E-state index in [4.69, 9.17) is 9.47 Å². The Morgan fingerprint density at radius 2 is 2.05 bits per heavy atom. The van der Waals surface area contributed by atoms with Crippen LogP contribution in [0.15, 0.2) is 18.2 Å². The molecule has 22 heavy (non-hydrogen) atoms. The summed E-state index contributed by atoms with van der Waals surface area (Å²) < 4.78 is 24.0. The summed E-state index contributed by atoms with van der Waals surface area (Å²) in [4.78, 5) is 24.9. The quantitative estimate of drug-likeness (QED) is 0.848. The molecule has 0 amide bonds. The molecule has 2 rings (SSSR count). The summed E-state index contributed by atoms with van der Waals surface area (Å²) in [5, 5.41) is 9.42. The predicted molar refractivity (Wildman–Crippen MR) is 75.0 cm³/mol. The van der Waals surface area contributed by atoms with Crippen molar-refractivity contribution < 1.29 is 28.6 Å². The lowest BCUT2D eigenvalue weighted by molar-refractivity contribution is -0.145. The van der Waals surface area contributed by atoms with E-state index in [1.165, 1.54) is 32.4 Å². The molecule has 0 aromatic heterocycles. The molecule has 0 aliphatic carbocycles. The predicted octanol–water partition coefficient (Wildman–Crippen LogP) is 1.45. The Labute approximate surface area is 127 Å². The lowest BCUT2D eigenvalue weighted by Gasteiger charge is -2.26. The van der Waals surface area contributed by atoms with Crippen molar-refractivity contribution in [3.8, 4) is 5.75 Å². The summed E-state index contributed by atoms with van der Waals surface area (Å²) in [5.74, 6) is -2.62. The van der Waals surface area contributed by atoms with Crippen molar-refractivity contribution in [2.24, 2.45) is 5.92 Å². The van der Waals surface area contributed by atoms with E-state index >= 15 is 0 Å². The molecule has 0 bridgehead atoms. The van der Waals surface area contributed by atoms with Crippen LogP contribution in [0.1, 0.15) is 18.0 Å². The van der Waals surface area contributed by atoms with Gasteiger partial charge in [-0.3, -0.25) is 14.5 Å². The van der Waals surface area contributed by atoms with Crippen LogP contribution >= 0.6 is 0 Å². The van der Waals surface area contributed by atoms with Gasteiger partial charge in [-0.15, -0.1) is 0 Å². The van der Waals surface area contributed by atoms with Crippen LogP contribution in [0.3, 0.4) is 0 Å². The van der Waals surface area contributed by atoms with Gasteiger partial charge in [-0.2, -0.15) is 0 Å². The molecule has 0 spiro atoms. The number of carboxylic acid groups (broad SMARTS) is 1. The third-order valence-electron chi connectivity index (χ3n) is 4.10. The Kier molecular flexibility index (Phi) is 4.65. The molecule has 1 aromatic carbocycles. The Hall–Kier alpha value is -2.15. The summed E-state index contributed by atoms with van der Waals surface area (Å²) in [6.07, 6.45) is 0.0693. The van der Waals surface area contributed by atoms with Crippen LogP contribution in [-0.4, -0.2) is 49.3 Å². The Bertz CT molecular complexity index is 591. The normalized spacial score (nSPS) is 25.0. The number of likely N-dealkylation sites (N-methyl/N-ethyl adjacent to an activating group) is 1. The fourth-order valence-corrected chi connectivity index (χ4v) is 2.96. The van der Waals surface area contributed by atoms with Gasteiger partial charge in [-0.1, -0.05) is 0 Å². The molecule has 1 N–H and O–H groups in total. The Morgan fingerprint density at radius 3 is 2.59 bits per heavy atom. The number of carboxylic acids is 1. The molecule has 1 aromatic rings. The van der Waals surface area contributed by atoms with Gasteiger partial charge < -0.3 is 14.6 Å². The number of hydrogen-bond acceptors (Lipinski definition) is 5. The number of aliphatic carboxylic acids is 1. The minimum absolute atomic E-state index is 0.0693. The standard InChI is InChI=1S/C15H18FNO5/c1-17-12(15(20)22-3)7-10(14(18)19)13(17)9-6-8(21-2)4-5-11(9)16/h4-6,10,12-13H,7H2,1-3H3,(H,18,19)/t10-,12-,13-/m0/s1. The van der Waals surface area contributed by atoms with E-state index in [0.717, 1.165) is 0 Å². The maximum atomic E-state index is 14.2. The SMILES string of the molecule is COC(=O)[C@@H]1C[C@H](C(=O)O)[C@H](c2cc(OC)ccc2F)N1C. The second kappa shape index (κ2) is 6.31. The zero-order valence-electron chi connectivity index (χ0n) is 12.6. The van der Waals surface area contributed by atoms with E-state index in [-0.39, 0.29) is 12.0 Å². The number of carbonyl (C=O) groups excluding carboxylic acids is 1. The summed E-state index contributed by atoms with van der Waals surface area (Å²) in [6, 6.07) is 2.67. The first-order chi connectivity index (χ1) is 10.4. The minimum atomic E-state index is -1.08. The second-order valence-corrected chi connectivity index (χ2v) is 5.22. The highest BCUT2D eigenvalue weighted by Crippen LogP contribution is 2.42. The van der Waals surface area contributed by atoms with Crippen molar-refractivity contribution >= 4 is 11.9 Å². The number of benzene rings is 1. The lowest BCUT2D eigenvalue weighted by atomic mass is 9.92. The first-order valence-electron chi connectivity index (χ1n) is 6.76. The van der Waals surface area contributed by atoms with E-state index in [9.17, 15) is 19.1 Å². The third-order valence-corrected chi connectivity index (χ3v) is 4.10. The highest BCUT2D eigenvalue weighted by atomic mass is 19.1. The number of esters is 1. The summed E-state index contributed by atoms with van der Waals surface area (Å²) in [6.45, 7) is 0. The van der Waals surface area contributed by atoms with Crippen molar-refractivity contribution in [2.75, 3.05) is 21.3 Å². The summed E-state index contributed by atoms with van der Waals surface area (Å²) >= 11 is 0. The fourth-order valence-electron chi connectivity index (χ4n) is 2.96. The van der Waals surface area contributed by atoms with Crippen LogP contribution < -0.4 is 4.74 Å². The van der Waals surface area contributed by atoms with Gasteiger partial charge in [0.15, 0.2) is 0 Å². The number of halogens is 1. The Balaban J connectivity index is 2.46. The van der Waals surface area contributed by atoms with Gasteiger partial charge >= 0.3 is 11.9 Å². The maximum Gasteiger partial charge on any atom is 0.323 e. The average Bonchev–Trinajstić information content (AvgIpc) is 2.85. The van der Waals surface area contributed by atoms with Gasteiger partial charge in [0, 0.05) is 5.56 Å². The van der Waals surface area contributed by atoms with Crippen LogP contribution in [0.5, 0.6) is 5.75 Å². The van der Waals surface area contributed by atoms with Crippen molar-refractivity contribution in [1.29, 1.82) is 0 Å². The molecule has 7 heteroatoms. The largest absolute Gasteiger partial charge is 0.497 e. The molecule has 0 unspecified atom stereocenters. The van der Waals surface area contributed by atoms with Gasteiger partial charge in [-0.05, 0) is 31.7 Å². The smallest absolute Gasteiger partial charge is 0.323 e. The zero-order valence-corrected chi connectivity index (χ0v) is 12.6. The van der Waals surface area contributed by atoms with Gasteiger partial charge in [-0.25, -0.2) is 4.39 Å². The number of ether oxygens (including phenoxy) is 2. The van der Waals surface area contributed by atoms with Crippen LogP contribution in [0, 0.1) is 11.7 Å². The van der Waals surface area contributed by atoms with E-state index in [1.807, 2.05) is 0 Å². The monoisotopic (exact) mass is 311 g/mol. The topological polar surface area (TPSA) is 76.1 Å². The highest BCUT2D eigenvalue weighted by Gasteiger charge is 2.48. The molecule has 1 aliphatic heterocycles. The molecular formula is C15H18FNO5. The zero-order chi connectivity index (χ0) is 16.4. The van der Waals surface area contributed by atoms with E-state index in [1.54, 1.807) is 11.9 Å². The van der Waals surface area contributed by atoms with Crippen molar-refractivity contribution in [3.63, 3.8) is 0 Å². The number of rotatable bonds is 4. The van der Waals surface area contributed by atoms with Gasteiger partial charge in [0.2, 0.25) is 0 Å². The second-order valence-electron chi connectivity index (χ2n) is 5.22. The number of hydrogen-bond donors (Lipinski definition) is 1. The Morgan fingerprint density at radius 1 is 1.36 bits per heavy atom. The molecule has 1 aliphatic rings. The van der Waals surface area contributed by atoms with Crippen LogP contribution in [-0.2, 0) is 14.3 Å². The molecule has 1 heterocycles. The third kappa shape index (κ3) is 2.76. The van der Waals surface area contributed by atoms with Crippen LogP contribution in [0.2, 0.25) is 0 Å². The van der Waals surface area contributed by atoms with E-state index < -0.39 is 35.8 Å². The number of methoxy groups -OCH3 is 2. The van der Waals surface area contributed by atoms with E-state index in [0.29, 0.717) is 5.75 Å². The maximum absolute atomic E-state index is 14.2. The van der Waals surface area contributed by atoms with Crippen molar-refractivity contribution in [3.05, 3.63) is 29.6 Å². The molecule has 1 fully saturated rings. The van der Waals surface area contributed by atoms with Crippen molar-refractivity contribution in [1.82, 2.24) is 4.90 Å². The lowest BCUT2D eigenvalue weighted by Crippen LogP contribution is -2.35. The minimum Gasteiger partial charge on any atom is -0.497 e. The molecule has 0 radical (unpaired) electrons. The molecule has 6 nitrogen and oxygen atoms in total. The van der Waals surface area contributed by atoms with Crippen LogP contribution in [0.25, 0.3) is 0 Å². The number of nitrogens with zero attached hydrogens (tertiary/aromatic N) is 1. The fraction of sp³-hybridized carbons (Fsp3) is 0.467. The molecule has 0 saturated carbocycles. The average molecular weight is 311 g/mol. The number of carbonyl (C=O) groups is 2. The molecular weight excluding hydrogens is 293 g/mol. The first-order valence-corrected chi connectivity index (χ1v) is 6.76.